The summed E-state index contributed by atoms with van der Waals surface area (Å²) in [5.41, 5.74) is 2.53. The van der Waals surface area contributed by atoms with Crippen LogP contribution in [0.1, 0.15) is 15.9 Å². The minimum atomic E-state index is -0.0366. The van der Waals surface area contributed by atoms with E-state index in [-0.39, 0.29) is 11.2 Å². The van der Waals surface area contributed by atoms with Gasteiger partial charge in [0.1, 0.15) is 0 Å². The molecule has 0 radical (unpaired) electrons. The number of halogens is 1. The van der Waals surface area contributed by atoms with Crippen molar-refractivity contribution in [3.63, 3.8) is 0 Å². The summed E-state index contributed by atoms with van der Waals surface area (Å²) in [5.74, 6) is 0.943. The molecule has 1 amide bonds. The quantitative estimate of drug-likeness (QED) is 0.850. The van der Waals surface area contributed by atoms with E-state index in [0.29, 0.717) is 23.7 Å². The maximum absolute atomic E-state index is 11.7. The van der Waals surface area contributed by atoms with Crippen LogP contribution in [0, 0.1) is 0 Å². The van der Waals surface area contributed by atoms with Gasteiger partial charge in [0.15, 0.2) is 11.6 Å². The van der Waals surface area contributed by atoms with Gasteiger partial charge in [-0.1, -0.05) is 0 Å². The van der Waals surface area contributed by atoms with E-state index in [9.17, 15) is 4.79 Å². The van der Waals surface area contributed by atoms with Crippen molar-refractivity contribution in [2.75, 3.05) is 19.0 Å². The fourth-order valence-electron chi connectivity index (χ4n) is 2.23. The first kappa shape index (κ1) is 13.6. The topological polar surface area (TPSA) is 76.1 Å². The molecule has 0 aliphatic carbocycles. The average molecular weight is 305 g/mol. The van der Waals surface area contributed by atoms with E-state index in [1.807, 2.05) is 12.1 Å². The molecule has 1 aromatic heterocycles. The molecule has 0 bridgehead atoms. The van der Waals surface area contributed by atoms with Crippen molar-refractivity contribution < 1.29 is 9.53 Å². The first-order valence-corrected chi connectivity index (χ1v) is 6.80. The molecule has 1 aliphatic rings. The highest BCUT2D eigenvalue weighted by Gasteiger charge is 2.17. The van der Waals surface area contributed by atoms with Crippen LogP contribution in [0.15, 0.2) is 24.4 Å². The second-order valence-electron chi connectivity index (χ2n) is 4.56. The SMILES string of the molecule is COc1cnc(Cl)nc1Nc1ccc2c(c1)CCNC2=O. The maximum Gasteiger partial charge on any atom is 0.251 e. The number of hydrogen-bond acceptors (Lipinski definition) is 5. The minimum absolute atomic E-state index is 0.0366. The van der Waals surface area contributed by atoms with Gasteiger partial charge < -0.3 is 15.4 Å². The third-order valence-electron chi connectivity index (χ3n) is 3.24. The molecular formula is C14H13ClN4O2. The van der Waals surface area contributed by atoms with Gasteiger partial charge in [-0.25, -0.2) is 4.98 Å². The lowest BCUT2D eigenvalue weighted by Crippen LogP contribution is -2.31. The molecule has 108 valence electrons. The number of aromatic nitrogens is 2. The van der Waals surface area contributed by atoms with Gasteiger partial charge in [-0.2, -0.15) is 4.98 Å². The number of benzene rings is 1. The Hall–Kier alpha value is -2.34. The van der Waals surface area contributed by atoms with Crippen LogP contribution in [0.5, 0.6) is 5.75 Å². The van der Waals surface area contributed by atoms with Crippen molar-refractivity contribution in [3.8, 4) is 5.75 Å². The first-order chi connectivity index (χ1) is 10.2. The van der Waals surface area contributed by atoms with E-state index >= 15 is 0 Å². The van der Waals surface area contributed by atoms with Crippen LogP contribution in [0.3, 0.4) is 0 Å². The maximum atomic E-state index is 11.7. The molecular weight excluding hydrogens is 292 g/mol. The number of amides is 1. The van der Waals surface area contributed by atoms with Crippen molar-refractivity contribution in [3.05, 3.63) is 40.8 Å². The minimum Gasteiger partial charge on any atom is -0.491 e. The van der Waals surface area contributed by atoms with Crippen LogP contribution in [0.4, 0.5) is 11.5 Å². The average Bonchev–Trinajstić information content (AvgIpc) is 2.48. The normalized spacial score (nSPS) is 13.3. The molecule has 0 saturated carbocycles. The van der Waals surface area contributed by atoms with Crippen LogP contribution in [0.2, 0.25) is 5.28 Å². The van der Waals surface area contributed by atoms with Crippen LogP contribution in [0.25, 0.3) is 0 Å². The largest absolute Gasteiger partial charge is 0.491 e. The third kappa shape index (κ3) is 2.75. The van der Waals surface area contributed by atoms with Crippen molar-refractivity contribution in [2.45, 2.75) is 6.42 Å². The second-order valence-corrected chi connectivity index (χ2v) is 4.90. The van der Waals surface area contributed by atoms with E-state index in [2.05, 4.69) is 20.6 Å². The Bertz CT molecular complexity index is 705. The predicted octanol–water partition coefficient (Wildman–Crippen LogP) is 2.17. The highest BCUT2D eigenvalue weighted by molar-refractivity contribution is 6.28. The number of nitrogens with zero attached hydrogens (tertiary/aromatic N) is 2. The zero-order valence-corrected chi connectivity index (χ0v) is 12.1. The van der Waals surface area contributed by atoms with Gasteiger partial charge in [0.05, 0.1) is 13.3 Å². The molecule has 1 aromatic carbocycles. The molecule has 0 spiro atoms. The molecule has 1 aliphatic heterocycles. The van der Waals surface area contributed by atoms with Crippen LogP contribution in [-0.2, 0) is 6.42 Å². The van der Waals surface area contributed by atoms with Crippen molar-refractivity contribution in [1.29, 1.82) is 0 Å². The third-order valence-corrected chi connectivity index (χ3v) is 3.42. The number of methoxy groups -OCH3 is 1. The Labute approximate surface area is 126 Å². The summed E-state index contributed by atoms with van der Waals surface area (Å²) in [6, 6.07) is 5.55. The molecule has 2 heterocycles. The van der Waals surface area contributed by atoms with Gasteiger partial charge in [0, 0.05) is 17.8 Å². The Morgan fingerprint density at radius 3 is 3.10 bits per heavy atom. The van der Waals surface area contributed by atoms with Gasteiger partial charge in [0.25, 0.3) is 5.91 Å². The van der Waals surface area contributed by atoms with Crippen LogP contribution in [-0.4, -0.2) is 29.5 Å². The smallest absolute Gasteiger partial charge is 0.251 e. The highest BCUT2D eigenvalue weighted by atomic mass is 35.5. The number of hydrogen-bond donors (Lipinski definition) is 2. The van der Waals surface area contributed by atoms with Gasteiger partial charge in [-0.3, -0.25) is 4.79 Å². The zero-order chi connectivity index (χ0) is 14.8. The van der Waals surface area contributed by atoms with Gasteiger partial charge in [-0.15, -0.1) is 0 Å². The molecule has 6 nitrogen and oxygen atoms in total. The van der Waals surface area contributed by atoms with Crippen LogP contribution < -0.4 is 15.4 Å². The summed E-state index contributed by atoms with van der Waals surface area (Å²) in [7, 11) is 1.54. The lowest BCUT2D eigenvalue weighted by Gasteiger charge is -2.18. The summed E-state index contributed by atoms with van der Waals surface area (Å²) in [5, 5.41) is 6.09. The number of rotatable bonds is 3. The second kappa shape index (κ2) is 5.57. The molecule has 2 aromatic rings. The number of ether oxygens (including phenoxy) is 1. The summed E-state index contributed by atoms with van der Waals surface area (Å²) in [4.78, 5) is 19.7. The molecule has 21 heavy (non-hydrogen) atoms. The van der Waals surface area contributed by atoms with Gasteiger partial charge in [0.2, 0.25) is 5.28 Å². The molecule has 0 saturated heterocycles. The Kier molecular flexibility index (Phi) is 3.62. The summed E-state index contributed by atoms with van der Waals surface area (Å²) < 4.78 is 5.19. The standard InChI is InChI=1S/C14H13ClN4O2/c1-21-11-7-17-14(15)19-12(11)18-9-2-3-10-8(6-9)4-5-16-13(10)20/h2-3,6-7H,4-5H2,1H3,(H,16,20)(H,17,18,19). The van der Waals surface area contributed by atoms with E-state index in [1.54, 1.807) is 6.07 Å². The Morgan fingerprint density at radius 1 is 1.43 bits per heavy atom. The molecule has 0 unspecified atom stereocenters. The van der Waals surface area contributed by atoms with Gasteiger partial charge in [-0.05, 0) is 41.8 Å². The molecule has 0 atom stereocenters. The summed E-state index contributed by atoms with van der Waals surface area (Å²) >= 11 is 5.80. The van der Waals surface area contributed by atoms with E-state index < -0.39 is 0 Å². The zero-order valence-electron chi connectivity index (χ0n) is 11.3. The number of carbonyl (C=O) groups is 1. The number of carbonyl (C=O) groups excluding carboxylic acids is 1. The first-order valence-electron chi connectivity index (χ1n) is 6.42. The number of nitrogens with one attached hydrogen (secondary N) is 2. The van der Waals surface area contributed by atoms with E-state index in [1.165, 1.54) is 13.3 Å². The van der Waals surface area contributed by atoms with Crippen molar-refractivity contribution in [2.24, 2.45) is 0 Å². The molecule has 2 N–H and O–H groups in total. The fraction of sp³-hybridized carbons (Fsp3) is 0.214. The predicted molar refractivity (Wildman–Crippen MR) is 79.4 cm³/mol. The number of anilines is 2. The van der Waals surface area contributed by atoms with Crippen molar-refractivity contribution >= 4 is 29.0 Å². The lowest BCUT2D eigenvalue weighted by atomic mass is 10.00. The lowest BCUT2D eigenvalue weighted by molar-refractivity contribution is 0.0946. The van der Waals surface area contributed by atoms with E-state index in [4.69, 9.17) is 16.3 Å². The number of fused-ring (bicyclic) bond motifs is 1. The molecule has 3 rings (SSSR count). The Morgan fingerprint density at radius 2 is 2.29 bits per heavy atom. The molecule has 0 fully saturated rings. The van der Waals surface area contributed by atoms with Crippen molar-refractivity contribution in [1.82, 2.24) is 15.3 Å². The Balaban J connectivity index is 1.92. The molecule has 7 heteroatoms. The summed E-state index contributed by atoms with van der Waals surface area (Å²) in [6.07, 6.45) is 2.31. The summed E-state index contributed by atoms with van der Waals surface area (Å²) in [6.45, 7) is 0.651. The monoisotopic (exact) mass is 304 g/mol. The fourth-order valence-corrected chi connectivity index (χ4v) is 2.36. The highest BCUT2D eigenvalue weighted by Crippen LogP contribution is 2.27. The van der Waals surface area contributed by atoms with Gasteiger partial charge >= 0.3 is 0 Å². The van der Waals surface area contributed by atoms with Crippen LogP contribution >= 0.6 is 11.6 Å². The van der Waals surface area contributed by atoms with E-state index in [0.717, 1.165) is 17.7 Å².